The van der Waals surface area contributed by atoms with Crippen molar-refractivity contribution < 1.29 is 9.53 Å². The van der Waals surface area contributed by atoms with Crippen molar-refractivity contribution in [2.24, 2.45) is 5.41 Å². The van der Waals surface area contributed by atoms with Crippen molar-refractivity contribution in [1.29, 1.82) is 0 Å². The highest BCUT2D eigenvalue weighted by Gasteiger charge is 2.28. The van der Waals surface area contributed by atoms with E-state index in [1.54, 1.807) is 7.11 Å². The Hall–Kier alpha value is -2.75. The maximum absolute atomic E-state index is 12.7. The number of hydrogen-bond acceptors (Lipinski definition) is 2. The Balaban J connectivity index is 1.60. The van der Waals surface area contributed by atoms with Gasteiger partial charge in [0.15, 0.2) is 0 Å². The van der Waals surface area contributed by atoms with E-state index < -0.39 is 5.41 Å². The third kappa shape index (κ3) is 4.33. The fourth-order valence-corrected chi connectivity index (χ4v) is 3.46. The first kappa shape index (κ1) is 19.0. The average molecular weight is 364 g/mol. The largest absolute Gasteiger partial charge is 0.496 e. The molecule has 0 saturated carbocycles. The van der Waals surface area contributed by atoms with Gasteiger partial charge < -0.3 is 15.0 Å². The molecular formula is C23H28N2O2. The number of nitrogens with one attached hydrogen (secondary N) is 2. The smallest absolute Gasteiger partial charge is 0.226 e. The molecule has 3 rings (SSSR count). The van der Waals surface area contributed by atoms with E-state index in [0.717, 1.165) is 23.3 Å². The van der Waals surface area contributed by atoms with E-state index >= 15 is 0 Å². The highest BCUT2D eigenvalue weighted by atomic mass is 16.5. The molecule has 3 aromatic rings. The van der Waals surface area contributed by atoms with Crippen LogP contribution in [0.15, 0.2) is 48.7 Å². The zero-order chi connectivity index (χ0) is 19.4. The van der Waals surface area contributed by atoms with Crippen molar-refractivity contribution in [2.75, 3.05) is 13.7 Å². The van der Waals surface area contributed by atoms with Gasteiger partial charge in [-0.25, -0.2) is 0 Å². The molecule has 0 saturated heterocycles. The number of carbonyl (C=O) groups is 1. The quantitative estimate of drug-likeness (QED) is 0.652. The van der Waals surface area contributed by atoms with Gasteiger partial charge in [-0.05, 0) is 48.6 Å². The first-order valence-electron chi connectivity index (χ1n) is 9.37. The fraction of sp³-hybridized carbons (Fsp3) is 0.348. The molecule has 142 valence electrons. The Morgan fingerprint density at radius 1 is 1.15 bits per heavy atom. The van der Waals surface area contributed by atoms with Crippen molar-refractivity contribution in [2.45, 2.75) is 33.6 Å². The van der Waals surface area contributed by atoms with Gasteiger partial charge in [0.2, 0.25) is 5.91 Å². The number of methoxy groups -OCH3 is 1. The summed E-state index contributed by atoms with van der Waals surface area (Å²) in [5.74, 6) is 0.886. The fourth-order valence-electron chi connectivity index (χ4n) is 3.46. The van der Waals surface area contributed by atoms with Gasteiger partial charge in [0, 0.05) is 29.1 Å². The summed E-state index contributed by atoms with van der Waals surface area (Å²) in [6.45, 7) is 6.66. The van der Waals surface area contributed by atoms with Crippen LogP contribution in [0.2, 0.25) is 0 Å². The summed E-state index contributed by atoms with van der Waals surface area (Å²) in [5.41, 5.74) is 4.15. The lowest BCUT2D eigenvalue weighted by molar-refractivity contribution is -0.129. The molecule has 1 heterocycles. The van der Waals surface area contributed by atoms with Gasteiger partial charge >= 0.3 is 0 Å². The van der Waals surface area contributed by atoms with E-state index in [1.807, 2.05) is 44.3 Å². The first-order valence-corrected chi connectivity index (χ1v) is 9.37. The molecule has 27 heavy (non-hydrogen) atoms. The van der Waals surface area contributed by atoms with Crippen LogP contribution in [0.5, 0.6) is 5.75 Å². The van der Waals surface area contributed by atoms with Crippen molar-refractivity contribution in [3.8, 4) is 5.75 Å². The van der Waals surface area contributed by atoms with Crippen LogP contribution in [-0.4, -0.2) is 24.5 Å². The monoisotopic (exact) mass is 364 g/mol. The number of H-pyrrole nitrogens is 1. The lowest BCUT2D eigenvalue weighted by atomic mass is 9.84. The molecule has 0 aliphatic carbocycles. The number of aromatic nitrogens is 1. The van der Waals surface area contributed by atoms with Crippen LogP contribution in [0.4, 0.5) is 0 Å². The van der Waals surface area contributed by atoms with Crippen LogP contribution in [0, 0.1) is 12.3 Å². The van der Waals surface area contributed by atoms with E-state index in [1.165, 1.54) is 16.5 Å². The Labute approximate surface area is 160 Å². The van der Waals surface area contributed by atoms with Gasteiger partial charge in [-0.15, -0.1) is 0 Å². The summed E-state index contributed by atoms with van der Waals surface area (Å²) in [6.07, 6.45) is 3.48. The second-order valence-electron chi connectivity index (χ2n) is 7.74. The number of rotatable bonds is 7. The summed E-state index contributed by atoms with van der Waals surface area (Å²) >= 11 is 0. The summed E-state index contributed by atoms with van der Waals surface area (Å²) < 4.78 is 5.42. The summed E-state index contributed by atoms with van der Waals surface area (Å²) in [4.78, 5) is 16.1. The molecule has 0 aliphatic rings. The highest BCUT2D eigenvalue weighted by Crippen LogP contribution is 2.28. The molecule has 4 nitrogen and oxygen atoms in total. The van der Waals surface area contributed by atoms with Gasteiger partial charge in [0.1, 0.15) is 5.75 Å². The van der Waals surface area contributed by atoms with Crippen LogP contribution in [0.3, 0.4) is 0 Å². The minimum atomic E-state index is -0.508. The number of aromatic amines is 1. The van der Waals surface area contributed by atoms with Crippen LogP contribution in [0.1, 0.15) is 30.5 Å². The zero-order valence-corrected chi connectivity index (χ0v) is 16.6. The number of aryl methyl sites for hydroxylation is 1. The van der Waals surface area contributed by atoms with E-state index in [0.29, 0.717) is 13.0 Å². The second kappa shape index (κ2) is 7.87. The standard InChI is InChI=1S/C23H28N2O2/c1-16-9-10-19-18(15-25-20(19)13-16)11-12-24-22(26)23(2,3)14-17-7-5-6-8-21(17)27-4/h5-10,13,15,25H,11-12,14H2,1-4H3,(H,24,26). The van der Waals surface area contributed by atoms with Crippen molar-refractivity contribution >= 4 is 16.8 Å². The minimum Gasteiger partial charge on any atom is -0.496 e. The Morgan fingerprint density at radius 2 is 1.93 bits per heavy atom. The number of para-hydroxylation sites is 1. The topological polar surface area (TPSA) is 54.1 Å². The van der Waals surface area contributed by atoms with Crippen LogP contribution in [0.25, 0.3) is 10.9 Å². The first-order chi connectivity index (χ1) is 12.9. The molecule has 1 amide bonds. The van der Waals surface area contributed by atoms with Crippen LogP contribution in [-0.2, 0) is 17.6 Å². The molecule has 0 spiro atoms. The average Bonchev–Trinajstić information content (AvgIpc) is 3.03. The van der Waals surface area contributed by atoms with Crippen LogP contribution < -0.4 is 10.1 Å². The highest BCUT2D eigenvalue weighted by molar-refractivity contribution is 5.84. The predicted molar refractivity (Wildman–Crippen MR) is 110 cm³/mol. The third-order valence-corrected chi connectivity index (χ3v) is 5.04. The van der Waals surface area contributed by atoms with Crippen LogP contribution >= 0.6 is 0 Å². The van der Waals surface area contributed by atoms with E-state index in [-0.39, 0.29) is 5.91 Å². The molecular weight excluding hydrogens is 336 g/mol. The molecule has 1 aromatic heterocycles. The normalized spacial score (nSPS) is 11.6. The predicted octanol–water partition coefficient (Wildman–Crippen LogP) is 4.41. The SMILES string of the molecule is COc1ccccc1CC(C)(C)C(=O)NCCc1c[nH]c2cc(C)ccc12. The van der Waals surface area contributed by atoms with Crippen molar-refractivity contribution in [3.63, 3.8) is 0 Å². The zero-order valence-electron chi connectivity index (χ0n) is 16.6. The molecule has 0 atom stereocenters. The number of fused-ring (bicyclic) bond motifs is 1. The number of ether oxygens (including phenoxy) is 1. The number of hydrogen-bond donors (Lipinski definition) is 2. The van der Waals surface area contributed by atoms with E-state index in [9.17, 15) is 4.79 Å². The number of carbonyl (C=O) groups excluding carboxylic acids is 1. The van der Waals surface area contributed by atoms with Gasteiger partial charge in [-0.3, -0.25) is 4.79 Å². The molecule has 0 aliphatic heterocycles. The lowest BCUT2D eigenvalue weighted by Gasteiger charge is -2.24. The molecule has 4 heteroatoms. The summed E-state index contributed by atoms with van der Waals surface area (Å²) in [5, 5.41) is 4.33. The number of amides is 1. The Kier molecular flexibility index (Phi) is 5.54. The van der Waals surface area contributed by atoms with Gasteiger partial charge in [-0.2, -0.15) is 0 Å². The molecule has 0 bridgehead atoms. The Bertz CT molecular complexity index is 940. The van der Waals surface area contributed by atoms with Gasteiger partial charge in [-0.1, -0.05) is 44.2 Å². The third-order valence-electron chi connectivity index (χ3n) is 5.04. The summed E-state index contributed by atoms with van der Waals surface area (Å²) in [6, 6.07) is 14.3. The summed E-state index contributed by atoms with van der Waals surface area (Å²) in [7, 11) is 1.66. The van der Waals surface area contributed by atoms with Crippen molar-refractivity contribution in [1.82, 2.24) is 10.3 Å². The maximum Gasteiger partial charge on any atom is 0.226 e. The van der Waals surface area contributed by atoms with E-state index in [4.69, 9.17) is 4.74 Å². The second-order valence-corrected chi connectivity index (χ2v) is 7.74. The van der Waals surface area contributed by atoms with Crippen molar-refractivity contribution in [3.05, 3.63) is 65.4 Å². The molecule has 0 radical (unpaired) electrons. The number of benzene rings is 2. The Morgan fingerprint density at radius 3 is 2.70 bits per heavy atom. The molecule has 2 aromatic carbocycles. The van der Waals surface area contributed by atoms with Gasteiger partial charge in [0.25, 0.3) is 0 Å². The molecule has 0 fully saturated rings. The lowest BCUT2D eigenvalue weighted by Crippen LogP contribution is -2.39. The maximum atomic E-state index is 12.7. The molecule has 2 N–H and O–H groups in total. The minimum absolute atomic E-state index is 0.0593. The molecule has 0 unspecified atom stereocenters. The van der Waals surface area contributed by atoms with E-state index in [2.05, 4.69) is 35.4 Å². The van der Waals surface area contributed by atoms with Gasteiger partial charge in [0.05, 0.1) is 7.11 Å².